The van der Waals surface area contributed by atoms with Gasteiger partial charge in [-0.15, -0.1) is 5.28 Å². The second-order valence-electron chi connectivity index (χ2n) is 0.789. The van der Waals surface area contributed by atoms with Crippen LogP contribution >= 0.6 is 0 Å². The summed E-state index contributed by atoms with van der Waals surface area (Å²) in [7, 11) is 0. The maximum atomic E-state index is 2.66. The summed E-state index contributed by atoms with van der Waals surface area (Å²) in [5.41, 5.74) is 0. The predicted molar refractivity (Wildman–Crippen MR) is 28.0 cm³/mol. The predicted octanol–water partition coefficient (Wildman–Crippen LogP) is 0.335. The summed E-state index contributed by atoms with van der Waals surface area (Å²) in [6.07, 6.45) is 1.28. The first kappa shape index (κ1) is 9.46. The molecule has 0 bridgehead atoms. The van der Waals surface area contributed by atoms with Gasteiger partial charge < -0.3 is 0 Å². The monoisotopic (exact) mass is 78.1 g/mol. The van der Waals surface area contributed by atoms with Crippen molar-refractivity contribution in [1.29, 1.82) is 0 Å². The van der Waals surface area contributed by atoms with Gasteiger partial charge in [-0.2, -0.15) is 0 Å². The molecule has 0 aliphatic rings. The van der Waals surface area contributed by atoms with Crippen molar-refractivity contribution in [3.8, 4) is 0 Å². The van der Waals surface area contributed by atoms with E-state index in [-0.39, 0.29) is 18.9 Å². The van der Waals surface area contributed by atoms with Gasteiger partial charge in [0.1, 0.15) is 16.3 Å². The van der Waals surface area contributed by atoms with Crippen LogP contribution in [0.15, 0.2) is 0 Å². The van der Waals surface area contributed by atoms with E-state index in [4.69, 9.17) is 0 Å². The van der Waals surface area contributed by atoms with Gasteiger partial charge in [0.05, 0.1) is 0 Å². The van der Waals surface area contributed by atoms with E-state index in [9.17, 15) is 0 Å². The van der Waals surface area contributed by atoms with Gasteiger partial charge in [0.25, 0.3) is 0 Å². The Morgan fingerprint density at radius 3 is 1.80 bits per heavy atom. The second-order valence-corrected chi connectivity index (χ2v) is 1.37. The molecule has 0 nitrogen and oxygen atoms in total. The third-order valence-corrected chi connectivity index (χ3v) is 0.866. The van der Waals surface area contributed by atoms with Gasteiger partial charge in [-0.05, 0) is 0 Å². The molecular weight excluding hydrogens is 70.0 g/mol. The summed E-state index contributed by atoms with van der Waals surface area (Å²) in [5, 5.41) is 1.24. The molecule has 0 atom stereocenters. The van der Waals surface area contributed by atoms with Gasteiger partial charge in [-0.3, -0.25) is 0 Å². The molecule has 24 valence electrons. The van der Waals surface area contributed by atoms with E-state index in [0.717, 1.165) is 0 Å². The fraction of sp³-hybridized carbons (Fsp3) is 1.00. The molecule has 0 aliphatic carbocycles. The Hall–Kier alpha value is 1.13. The summed E-state index contributed by atoms with van der Waals surface area (Å²) in [5.74, 6) is 0. The molecule has 2 heteroatoms. The van der Waals surface area contributed by atoms with Crippen LogP contribution in [0.5, 0.6) is 0 Å². The van der Waals surface area contributed by atoms with Gasteiger partial charge in [-0.1, -0.05) is 13.3 Å². The number of hydrogen-bond acceptors (Lipinski definition) is 0. The summed E-state index contributed by atoms with van der Waals surface area (Å²) >= 11 is 2.66. The Labute approximate surface area is 53.9 Å². The molecule has 2 radical (unpaired) electrons. The van der Waals surface area contributed by atoms with Crippen LogP contribution in [0.1, 0.15) is 13.3 Å². The van der Waals surface area contributed by atoms with Crippen molar-refractivity contribution < 1.29 is 0 Å². The van der Waals surface area contributed by atoms with Crippen molar-refractivity contribution in [1.82, 2.24) is 0 Å². The first-order valence-corrected chi connectivity index (χ1v) is 2.43. The van der Waals surface area contributed by atoms with Crippen LogP contribution in [-0.2, 0) is 0 Å². The van der Waals surface area contributed by atoms with Crippen molar-refractivity contribution >= 4 is 35.2 Å². The molecule has 0 aromatic heterocycles. The van der Waals surface area contributed by atoms with Crippen molar-refractivity contribution in [3.63, 3.8) is 0 Å². The normalized spacial score (nSPS) is 5.80. The van der Waals surface area contributed by atoms with E-state index in [1.807, 2.05) is 0 Å². The van der Waals surface area contributed by atoms with Gasteiger partial charge in [0.15, 0.2) is 0 Å². The molecule has 0 unspecified atom stereocenters. The first-order chi connectivity index (χ1) is 1.91. The Morgan fingerprint density at radius 1 is 1.60 bits per heavy atom. The summed E-state index contributed by atoms with van der Waals surface area (Å²) < 4.78 is 0. The molecular formula is C3H8AlLi. The minimum atomic E-state index is 0. The average molecular weight is 78.0 g/mol. The van der Waals surface area contributed by atoms with Crippen molar-refractivity contribution in [2.45, 2.75) is 18.6 Å². The van der Waals surface area contributed by atoms with E-state index in [0.29, 0.717) is 0 Å². The molecule has 0 aromatic rings. The van der Waals surface area contributed by atoms with Crippen LogP contribution < -0.4 is 0 Å². The maximum absolute atomic E-state index is 2.66. The zero-order valence-corrected chi connectivity index (χ0v) is 4.15. The topological polar surface area (TPSA) is 0 Å². The van der Waals surface area contributed by atoms with Crippen molar-refractivity contribution in [3.05, 3.63) is 0 Å². The Kier molecular flexibility index (Phi) is 16.9. The Balaban J connectivity index is 0. The fourth-order valence-corrected chi connectivity index (χ4v) is 0. The number of rotatable bonds is 1. The third-order valence-electron chi connectivity index (χ3n) is 0.289. The van der Waals surface area contributed by atoms with E-state index < -0.39 is 0 Å². The van der Waals surface area contributed by atoms with Crippen molar-refractivity contribution in [2.75, 3.05) is 0 Å². The van der Waals surface area contributed by atoms with Gasteiger partial charge in [-0.25, -0.2) is 0 Å². The number of hydrogen-bond donors (Lipinski definition) is 0. The Bertz CT molecular complexity index is 8.85. The van der Waals surface area contributed by atoms with Gasteiger partial charge >= 0.3 is 18.9 Å². The molecule has 0 N–H and O–H groups in total. The van der Waals surface area contributed by atoms with E-state index in [1.165, 1.54) is 11.7 Å². The summed E-state index contributed by atoms with van der Waals surface area (Å²) in [4.78, 5) is 0. The summed E-state index contributed by atoms with van der Waals surface area (Å²) in [6, 6.07) is 0. The molecule has 0 saturated carbocycles. The molecule has 0 fully saturated rings. The molecule has 0 amide bonds. The van der Waals surface area contributed by atoms with Crippen LogP contribution in [0.25, 0.3) is 0 Å². The van der Waals surface area contributed by atoms with Gasteiger partial charge in [0, 0.05) is 0 Å². The van der Waals surface area contributed by atoms with Crippen molar-refractivity contribution in [2.24, 2.45) is 0 Å². The minimum absolute atomic E-state index is 0. The molecule has 0 rings (SSSR count). The molecule has 5 heavy (non-hydrogen) atoms. The zero-order chi connectivity index (χ0) is 3.41. The molecule has 0 aliphatic heterocycles. The summed E-state index contributed by atoms with van der Waals surface area (Å²) in [6.45, 7) is 2.16. The first-order valence-electron chi connectivity index (χ1n) is 1.62. The quantitative estimate of drug-likeness (QED) is 0.396. The third kappa shape index (κ3) is 11.1. The van der Waals surface area contributed by atoms with Crippen LogP contribution in [0.3, 0.4) is 0 Å². The SMILES string of the molecule is CC[CH2][Al].[LiH]. The average Bonchev–Trinajstić information content (AvgIpc) is 1.37. The van der Waals surface area contributed by atoms with Crippen LogP contribution in [0.4, 0.5) is 0 Å². The molecule has 0 heterocycles. The van der Waals surface area contributed by atoms with Crippen LogP contribution in [-0.4, -0.2) is 35.2 Å². The second kappa shape index (κ2) is 8.93. The standard InChI is InChI=1S/C3H7.Al.Li.H/c1-3-2;;;/h1,3H2,2H3;;;. The van der Waals surface area contributed by atoms with E-state index in [2.05, 4.69) is 23.2 Å². The van der Waals surface area contributed by atoms with E-state index >= 15 is 0 Å². The zero-order valence-electron chi connectivity index (χ0n) is 2.99. The molecule has 0 aromatic carbocycles. The molecule has 0 saturated heterocycles. The molecule has 0 spiro atoms. The van der Waals surface area contributed by atoms with Crippen LogP contribution in [0.2, 0.25) is 5.28 Å². The Morgan fingerprint density at radius 2 is 1.80 bits per heavy atom. The van der Waals surface area contributed by atoms with E-state index in [1.54, 1.807) is 0 Å². The van der Waals surface area contributed by atoms with Gasteiger partial charge in [0.2, 0.25) is 0 Å². The fourth-order valence-electron chi connectivity index (χ4n) is 0. The van der Waals surface area contributed by atoms with Crippen LogP contribution in [0, 0.1) is 0 Å².